The Labute approximate surface area is 131 Å². The van der Waals surface area contributed by atoms with Crippen molar-refractivity contribution in [1.29, 1.82) is 0 Å². The van der Waals surface area contributed by atoms with Gasteiger partial charge in [-0.1, -0.05) is 32.1 Å². The van der Waals surface area contributed by atoms with Crippen LogP contribution in [0.4, 0.5) is 0 Å². The molecule has 0 saturated heterocycles. The summed E-state index contributed by atoms with van der Waals surface area (Å²) in [6, 6.07) is 0.195. The molecule has 0 atom stereocenters. The minimum absolute atomic E-state index is 0.0652. The van der Waals surface area contributed by atoms with E-state index in [0.29, 0.717) is 0 Å². The van der Waals surface area contributed by atoms with Crippen LogP contribution in [0.5, 0.6) is 0 Å². The SMILES string of the molecule is O=C(COC(=O)CNC(=O)C1CC1)NC1CCCCCCC1. The Balaban J connectivity index is 1.57. The fourth-order valence-corrected chi connectivity index (χ4v) is 2.72. The van der Waals surface area contributed by atoms with Crippen LogP contribution in [0.1, 0.15) is 57.8 Å². The molecular weight excluding hydrogens is 284 g/mol. The van der Waals surface area contributed by atoms with E-state index in [1.165, 1.54) is 19.3 Å². The van der Waals surface area contributed by atoms with Crippen molar-refractivity contribution in [3.8, 4) is 0 Å². The maximum absolute atomic E-state index is 11.8. The third-order valence-corrected chi connectivity index (χ3v) is 4.19. The molecule has 2 aliphatic rings. The molecule has 2 fully saturated rings. The van der Waals surface area contributed by atoms with Crippen LogP contribution in [0.15, 0.2) is 0 Å². The number of esters is 1. The zero-order valence-electron chi connectivity index (χ0n) is 13.1. The van der Waals surface area contributed by atoms with E-state index in [1.807, 2.05) is 0 Å². The third kappa shape index (κ3) is 6.45. The Morgan fingerprint density at radius 1 is 0.909 bits per heavy atom. The molecule has 0 aliphatic heterocycles. The Morgan fingerprint density at radius 2 is 1.55 bits per heavy atom. The summed E-state index contributed by atoms with van der Waals surface area (Å²) in [6.07, 6.45) is 9.79. The number of nitrogens with one attached hydrogen (secondary N) is 2. The van der Waals surface area contributed by atoms with Crippen LogP contribution in [-0.4, -0.2) is 37.0 Å². The number of carbonyl (C=O) groups is 3. The number of rotatable bonds is 6. The molecular formula is C16H26N2O4. The highest BCUT2D eigenvalue weighted by molar-refractivity contribution is 5.86. The summed E-state index contributed by atoms with van der Waals surface area (Å²) in [7, 11) is 0. The van der Waals surface area contributed by atoms with Crippen molar-refractivity contribution in [3.63, 3.8) is 0 Å². The maximum Gasteiger partial charge on any atom is 0.325 e. The quantitative estimate of drug-likeness (QED) is 0.724. The van der Waals surface area contributed by atoms with Crippen molar-refractivity contribution in [2.75, 3.05) is 13.2 Å². The highest BCUT2D eigenvalue weighted by Crippen LogP contribution is 2.28. The van der Waals surface area contributed by atoms with Gasteiger partial charge >= 0.3 is 5.97 Å². The molecule has 2 N–H and O–H groups in total. The van der Waals surface area contributed by atoms with Crippen LogP contribution in [0, 0.1) is 5.92 Å². The van der Waals surface area contributed by atoms with E-state index in [1.54, 1.807) is 0 Å². The van der Waals surface area contributed by atoms with E-state index < -0.39 is 5.97 Å². The highest BCUT2D eigenvalue weighted by Gasteiger charge is 2.29. The van der Waals surface area contributed by atoms with Gasteiger partial charge in [0, 0.05) is 12.0 Å². The van der Waals surface area contributed by atoms with E-state index in [-0.39, 0.29) is 36.9 Å². The Kier molecular flexibility index (Phi) is 6.68. The van der Waals surface area contributed by atoms with E-state index in [2.05, 4.69) is 10.6 Å². The number of hydrogen-bond acceptors (Lipinski definition) is 4. The fraction of sp³-hybridized carbons (Fsp3) is 0.812. The largest absolute Gasteiger partial charge is 0.454 e. The number of amides is 2. The van der Waals surface area contributed by atoms with Gasteiger partial charge in [-0.25, -0.2) is 0 Å². The number of carbonyl (C=O) groups excluding carboxylic acids is 3. The van der Waals surface area contributed by atoms with Crippen LogP contribution in [-0.2, 0) is 19.1 Å². The Hall–Kier alpha value is -1.59. The van der Waals surface area contributed by atoms with Crippen molar-refractivity contribution >= 4 is 17.8 Å². The topological polar surface area (TPSA) is 84.5 Å². The summed E-state index contributed by atoms with van der Waals surface area (Å²) < 4.78 is 4.89. The van der Waals surface area contributed by atoms with Gasteiger partial charge in [-0.2, -0.15) is 0 Å². The summed E-state index contributed by atoms with van der Waals surface area (Å²) in [4.78, 5) is 34.6. The molecule has 0 aromatic heterocycles. The molecule has 2 rings (SSSR count). The average Bonchev–Trinajstić information content (AvgIpc) is 3.30. The first-order valence-corrected chi connectivity index (χ1v) is 8.38. The minimum Gasteiger partial charge on any atom is -0.454 e. The summed E-state index contributed by atoms with van der Waals surface area (Å²) in [5.41, 5.74) is 0. The van der Waals surface area contributed by atoms with Gasteiger partial charge in [-0.05, 0) is 25.7 Å². The first-order valence-electron chi connectivity index (χ1n) is 8.38. The molecule has 2 aliphatic carbocycles. The molecule has 0 bridgehead atoms. The van der Waals surface area contributed by atoms with E-state index in [9.17, 15) is 14.4 Å². The van der Waals surface area contributed by atoms with Gasteiger partial charge in [0.1, 0.15) is 6.54 Å². The zero-order valence-corrected chi connectivity index (χ0v) is 13.1. The fourth-order valence-electron chi connectivity index (χ4n) is 2.72. The molecule has 6 nitrogen and oxygen atoms in total. The number of hydrogen-bond donors (Lipinski definition) is 2. The molecule has 0 spiro atoms. The van der Waals surface area contributed by atoms with Crippen molar-refractivity contribution in [2.45, 2.75) is 63.8 Å². The lowest BCUT2D eigenvalue weighted by Crippen LogP contribution is -2.39. The van der Waals surface area contributed by atoms with E-state index in [0.717, 1.165) is 38.5 Å². The van der Waals surface area contributed by atoms with Crippen LogP contribution < -0.4 is 10.6 Å². The van der Waals surface area contributed by atoms with Gasteiger partial charge in [0.2, 0.25) is 5.91 Å². The smallest absolute Gasteiger partial charge is 0.325 e. The zero-order chi connectivity index (χ0) is 15.8. The molecule has 22 heavy (non-hydrogen) atoms. The van der Waals surface area contributed by atoms with Gasteiger partial charge in [-0.15, -0.1) is 0 Å². The molecule has 0 aromatic carbocycles. The Morgan fingerprint density at radius 3 is 2.18 bits per heavy atom. The first kappa shape index (κ1) is 16.8. The minimum atomic E-state index is -0.568. The predicted molar refractivity (Wildman–Crippen MR) is 80.9 cm³/mol. The van der Waals surface area contributed by atoms with Crippen LogP contribution in [0.3, 0.4) is 0 Å². The van der Waals surface area contributed by atoms with E-state index in [4.69, 9.17) is 4.74 Å². The van der Waals surface area contributed by atoms with E-state index >= 15 is 0 Å². The van der Waals surface area contributed by atoms with Crippen molar-refractivity contribution in [3.05, 3.63) is 0 Å². The summed E-state index contributed by atoms with van der Waals surface area (Å²) >= 11 is 0. The lowest BCUT2D eigenvalue weighted by molar-refractivity contribution is -0.148. The maximum atomic E-state index is 11.8. The Bertz CT molecular complexity index is 399. The second-order valence-corrected chi connectivity index (χ2v) is 6.26. The monoisotopic (exact) mass is 310 g/mol. The molecule has 0 radical (unpaired) electrons. The molecule has 2 saturated carbocycles. The highest BCUT2D eigenvalue weighted by atomic mass is 16.5. The average molecular weight is 310 g/mol. The molecule has 6 heteroatoms. The summed E-state index contributed by atoms with van der Waals surface area (Å²) in [6.45, 7) is -0.430. The molecule has 2 amide bonds. The summed E-state index contributed by atoms with van der Waals surface area (Å²) in [5.74, 6) is -0.861. The second kappa shape index (κ2) is 8.76. The van der Waals surface area contributed by atoms with Crippen LogP contribution in [0.25, 0.3) is 0 Å². The predicted octanol–water partition coefficient (Wildman–Crippen LogP) is 1.28. The second-order valence-electron chi connectivity index (χ2n) is 6.26. The number of ether oxygens (including phenoxy) is 1. The van der Waals surface area contributed by atoms with Crippen molar-refractivity contribution in [1.82, 2.24) is 10.6 Å². The molecule has 124 valence electrons. The lowest BCUT2D eigenvalue weighted by Gasteiger charge is -2.20. The molecule has 0 aromatic rings. The van der Waals surface area contributed by atoms with Crippen LogP contribution in [0.2, 0.25) is 0 Å². The third-order valence-electron chi connectivity index (χ3n) is 4.19. The van der Waals surface area contributed by atoms with Gasteiger partial charge < -0.3 is 15.4 Å². The standard InChI is InChI=1S/C16H26N2O4/c19-14(18-13-6-4-2-1-3-5-7-13)11-22-15(20)10-17-16(21)12-8-9-12/h12-13H,1-11H2,(H,17,21)(H,18,19). The van der Waals surface area contributed by atoms with Crippen molar-refractivity contribution in [2.24, 2.45) is 5.92 Å². The van der Waals surface area contributed by atoms with Crippen LogP contribution >= 0.6 is 0 Å². The normalized spacial score (nSPS) is 19.6. The van der Waals surface area contributed by atoms with Gasteiger partial charge in [0.15, 0.2) is 6.61 Å². The molecule has 0 unspecified atom stereocenters. The first-order chi connectivity index (χ1) is 10.6. The summed E-state index contributed by atoms with van der Waals surface area (Å²) in [5, 5.41) is 5.45. The lowest BCUT2D eigenvalue weighted by atomic mass is 9.97. The van der Waals surface area contributed by atoms with Crippen molar-refractivity contribution < 1.29 is 19.1 Å². The van der Waals surface area contributed by atoms with Gasteiger partial charge in [0.05, 0.1) is 0 Å². The van der Waals surface area contributed by atoms with Gasteiger partial charge in [-0.3, -0.25) is 14.4 Å². The molecule has 0 heterocycles. The van der Waals surface area contributed by atoms with Gasteiger partial charge in [0.25, 0.3) is 5.91 Å².